The van der Waals surface area contributed by atoms with Crippen molar-refractivity contribution in [1.29, 1.82) is 0 Å². The van der Waals surface area contributed by atoms with Gasteiger partial charge in [-0.05, 0) is 41.9 Å². The van der Waals surface area contributed by atoms with Crippen LogP contribution >= 0.6 is 23.5 Å². The first-order valence-corrected chi connectivity index (χ1v) is 8.63. The molecule has 2 bridgehead atoms. The molecule has 5 saturated carbocycles. The van der Waals surface area contributed by atoms with Crippen molar-refractivity contribution >= 4 is 29.3 Å². The van der Waals surface area contributed by atoms with Gasteiger partial charge in [0.1, 0.15) is 5.78 Å². The van der Waals surface area contributed by atoms with Crippen LogP contribution in [0.4, 0.5) is 0 Å². The molecule has 0 radical (unpaired) electrons. The highest BCUT2D eigenvalue weighted by atomic mass is 32.2. The molecule has 6 aliphatic rings. The van der Waals surface area contributed by atoms with Crippen molar-refractivity contribution in [3.05, 3.63) is 0 Å². The van der Waals surface area contributed by atoms with Crippen LogP contribution in [-0.4, -0.2) is 21.4 Å². The molecule has 5 aliphatic carbocycles. The maximum absolute atomic E-state index is 12.4. The Balaban J connectivity index is 1.66. The fourth-order valence-corrected chi connectivity index (χ4v) is 11.1. The van der Waals surface area contributed by atoms with E-state index in [2.05, 4.69) is 23.5 Å². The SMILES string of the molecule is O=C1C2C3CC4C5C3C1C5C1(SCCS1)C42. The summed E-state index contributed by atoms with van der Waals surface area (Å²) in [6.45, 7) is 0. The lowest BCUT2D eigenvalue weighted by Gasteiger charge is -2.50. The predicted octanol–water partition coefficient (Wildman–Crippen LogP) is 2.12. The van der Waals surface area contributed by atoms with Crippen molar-refractivity contribution in [1.82, 2.24) is 0 Å². The fourth-order valence-electron chi connectivity index (χ4n) is 6.94. The molecule has 8 atom stereocenters. The zero-order chi connectivity index (χ0) is 10.2. The molecule has 8 unspecified atom stereocenters. The van der Waals surface area contributed by atoms with Gasteiger partial charge in [-0.25, -0.2) is 0 Å². The monoisotopic (exact) mass is 250 g/mol. The molecule has 84 valence electrons. The van der Waals surface area contributed by atoms with Gasteiger partial charge in [-0.15, -0.1) is 23.5 Å². The number of hydrogen-bond donors (Lipinski definition) is 0. The van der Waals surface area contributed by atoms with Crippen LogP contribution in [0.15, 0.2) is 0 Å². The van der Waals surface area contributed by atoms with Gasteiger partial charge in [0.15, 0.2) is 0 Å². The second kappa shape index (κ2) is 2.16. The molecule has 0 amide bonds. The van der Waals surface area contributed by atoms with E-state index in [0.717, 1.165) is 41.3 Å². The molecule has 0 aromatic rings. The van der Waals surface area contributed by atoms with Crippen LogP contribution < -0.4 is 0 Å². The van der Waals surface area contributed by atoms with E-state index in [1.54, 1.807) is 0 Å². The lowest BCUT2D eigenvalue weighted by molar-refractivity contribution is -0.133. The standard InChI is InChI=1S/C13H14OS2/c14-12-8-4-3-5-7-6(4)9(12)11(7)13(10(5)8)15-1-2-16-13/h4-11H,1-3H2. The number of Topliss-reactive ketones (excluding diaryl/α,β-unsaturated/α-hetero) is 1. The molecule has 1 spiro atoms. The van der Waals surface area contributed by atoms with Crippen LogP contribution in [0.3, 0.4) is 0 Å². The number of rotatable bonds is 0. The summed E-state index contributed by atoms with van der Waals surface area (Å²) in [5, 5.41) is 0. The predicted molar refractivity (Wildman–Crippen MR) is 65.2 cm³/mol. The highest BCUT2D eigenvalue weighted by molar-refractivity contribution is 8.21. The molecule has 6 rings (SSSR count). The van der Waals surface area contributed by atoms with E-state index >= 15 is 0 Å². The Morgan fingerprint density at radius 3 is 2.62 bits per heavy atom. The average molecular weight is 250 g/mol. The minimum Gasteiger partial charge on any atom is -0.299 e. The fraction of sp³-hybridized carbons (Fsp3) is 0.923. The Kier molecular flexibility index (Phi) is 1.14. The van der Waals surface area contributed by atoms with Gasteiger partial charge in [0.25, 0.3) is 0 Å². The molecule has 1 heterocycles. The van der Waals surface area contributed by atoms with Crippen LogP contribution in [0.25, 0.3) is 0 Å². The van der Waals surface area contributed by atoms with Crippen molar-refractivity contribution in [2.75, 3.05) is 11.5 Å². The van der Waals surface area contributed by atoms with E-state index in [1.165, 1.54) is 17.9 Å². The van der Waals surface area contributed by atoms with Crippen LogP contribution in [0.1, 0.15) is 6.42 Å². The van der Waals surface area contributed by atoms with Gasteiger partial charge >= 0.3 is 0 Å². The van der Waals surface area contributed by atoms with Gasteiger partial charge in [0.2, 0.25) is 0 Å². The third-order valence-electron chi connectivity index (χ3n) is 6.83. The quantitative estimate of drug-likeness (QED) is 0.655. The molecule has 0 N–H and O–H groups in total. The summed E-state index contributed by atoms with van der Waals surface area (Å²) in [6.07, 6.45) is 1.44. The number of ketones is 1. The Morgan fingerprint density at radius 2 is 1.81 bits per heavy atom. The largest absolute Gasteiger partial charge is 0.299 e. The van der Waals surface area contributed by atoms with Gasteiger partial charge in [-0.1, -0.05) is 0 Å². The van der Waals surface area contributed by atoms with Crippen LogP contribution in [0.2, 0.25) is 0 Å². The molecule has 0 aromatic carbocycles. The van der Waals surface area contributed by atoms with Gasteiger partial charge in [0.05, 0.1) is 4.08 Å². The summed E-state index contributed by atoms with van der Waals surface area (Å²) in [7, 11) is 0. The van der Waals surface area contributed by atoms with E-state index < -0.39 is 0 Å². The number of carbonyl (C=O) groups is 1. The van der Waals surface area contributed by atoms with Crippen molar-refractivity contribution < 1.29 is 4.79 Å². The molecule has 6 fully saturated rings. The van der Waals surface area contributed by atoms with E-state index in [0.29, 0.717) is 15.9 Å². The molecular weight excluding hydrogens is 236 g/mol. The van der Waals surface area contributed by atoms with Crippen LogP contribution in [0.5, 0.6) is 0 Å². The summed E-state index contributed by atoms with van der Waals surface area (Å²) in [4.78, 5) is 12.4. The first-order chi connectivity index (χ1) is 7.84. The lowest BCUT2D eigenvalue weighted by Crippen LogP contribution is -2.53. The zero-order valence-electron chi connectivity index (χ0n) is 8.96. The third-order valence-corrected chi connectivity index (χ3v) is 10.6. The Hall–Kier alpha value is 0.370. The summed E-state index contributed by atoms with van der Waals surface area (Å²) < 4.78 is 0.542. The lowest BCUT2D eigenvalue weighted by atomic mass is 9.59. The van der Waals surface area contributed by atoms with E-state index in [9.17, 15) is 4.79 Å². The summed E-state index contributed by atoms with van der Waals surface area (Å²) in [5.74, 6) is 9.84. The summed E-state index contributed by atoms with van der Waals surface area (Å²) in [5.41, 5.74) is 0. The van der Waals surface area contributed by atoms with Crippen molar-refractivity contribution in [2.24, 2.45) is 47.3 Å². The normalized spacial score (nSPS) is 69.9. The van der Waals surface area contributed by atoms with Crippen LogP contribution in [0, 0.1) is 47.3 Å². The number of carbonyl (C=O) groups excluding carboxylic acids is 1. The molecule has 1 saturated heterocycles. The molecule has 1 nitrogen and oxygen atoms in total. The second-order valence-electron chi connectivity index (χ2n) is 6.64. The summed E-state index contributed by atoms with van der Waals surface area (Å²) in [6, 6.07) is 0. The minimum absolute atomic E-state index is 0.535. The van der Waals surface area contributed by atoms with Crippen LogP contribution in [-0.2, 0) is 4.79 Å². The molecule has 3 heteroatoms. The van der Waals surface area contributed by atoms with Crippen molar-refractivity contribution in [2.45, 2.75) is 10.5 Å². The molecule has 16 heavy (non-hydrogen) atoms. The van der Waals surface area contributed by atoms with Gasteiger partial charge in [0, 0.05) is 23.3 Å². The van der Waals surface area contributed by atoms with Crippen molar-refractivity contribution in [3.63, 3.8) is 0 Å². The first-order valence-electron chi connectivity index (χ1n) is 6.66. The molecular formula is C13H14OS2. The zero-order valence-corrected chi connectivity index (χ0v) is 10.6. The number of fused-ring (bicyclic) bond motifs is 4. The maximum atomic E-state index is 12.4. The Labute approximate surface area is 103 Å². The maximum Gasteiger partial charge on any atom is 0.140 e. The summed E-state index contributed by atoms with van der Waals surface area (Å²) >= 11 is 4.50. The topological polar surface area (TPSA) is 17.1 Å². The highest BCUT2D eigenvalue weighted by Crippen LogP contribution is 2.88. The Bertz CT molecular complexity index is 441. The van der Waals surface area contributed by atoms with E-state index in [1.807, 2.05) is 0 Å². The Morgan fingerprint density at radius 1 is 1.00 bits per heavy atom. The van der Waals surface area contributed by atoms with Gasteiger partial charge in [-0.2, -0.15) is 0 Å². The smallest absolute Gasteiger partial charge is 0.140 e. The highest BCUT2D eigenvalue weighted by Gasteiger charge is 2.88. The average Bonchev–Trinajstić information content (AvgIpc) is 2.87. The van der Waals surface area contributed by atoms with Crippen molar-refractivity contribution in [3.8, 4) is 0 Å². The number of hydrogen-bond acceptors (Lipinski definition) is 3. The second-order valence-corrected chi connectivity index (χ2v) is 9.65. The minimum atomic E-state index is 0.535. The molecule has 1 aliphatic heterocycles. The third kappa shape index (κ3) is 0.534. The van der Waals surface area contributed by atoms with Gasteiger partial charge < -0.3 is 0 Å². The number of thioether (sulfide) groups is 2. The first kappa shape index (κ1) is 8.47. The van der Waals surface area contributed by atoms with Gasteiger partial charge in [-0.3, -0.25) is 4.79 Å². The molecule has 0 aromatic heterocycles. The van der Waals surface area contributed by atoms with E-state index in [4.69, 9.17) is 0 Å². The van der Waals surface area contributed by atoms with E-state index in [-0.39, 0.29) is 0 Å².